The lowest BCUT2D eigenvalue weighted by molar-refractivity contribution is 0.628. The lowest BCUT2D eigenvalue weighted by atomic mass is 10.1. The lowest BCUT2D eigenvalue weighted by Crippen LogP contribution is -2.11. The van der Waals surface area contributed by atoms with Crippen LogP contribution in [-0.2, 0) is 0 Å². The van der Waals surface area contributed by atoms with Crippen LogP contribution in [0.2, 0.25) is 0 Å². The molecule has 0 unspecified atom stereocenters. The Bertz CT molecular complexity index is 597. The summed E-state index contributed by atoms with van der Waals surface area (Å²) < 4.78 is 12.9. The monoisotopic (exact) mass is 240 g/mol. The van der Waals surface area contributed by atoms with E-state index in [0.29, 0.717) is 5.56 Å². The number of aryl methyl sites for hydroxylation is 1. The molecule has 0 aliphatic carbocycles. The Hall–Kier alpha value is -2.34. The molecule has 0 saturated heterocycles. The van der Waals surface area contributed by atoms with Crippen molar-refractivity contribution in [1.29, 1.82) is 5.26 Å². The first kappa shape index (κ1) is 12.1. The fraction of sp³-hybridized carbons (Fsp3) is 0.133. The minimum Gasteiger partial charge on any atom is -0.344 e. The number of hydrogen-bond donors (Lipinski definition) is 0. The van der Waals surface area contributed by atoms with E-state index < -0.39 is 0 Å². The van der Waals surface area contributed by atoms with Gasteiger partial charge in [-0.25, -0.2) is 4.39 Å². The fourth-order valence-corrected chi connectivity index (χ4v) is 1.82. The van der Waals surface area contributed by atoms with Gasteiger partial charge < -0.3 is 4.90 Å². The van der Waals surface area contributed by atoms with E-state index in [0.717, 1.165) is 16.9 Å². The van der Waals surface area contributed by atoms with Gasteiger partial charge in [0.25, 0.3) is 0 Å². The summed E-state index contributed by atoms with van der Waals surface area (Å²) >= 11 is 0. The molecule has 2 rings (SSSR count). The Kier molecular flexibility index (Phi) is 3.29. The molecule has 2 aromatic rings. The molecule has 0 radical (unpaired) electrons. The van der Waals surface area contributed by atoms with Crippen LogP contribution in [0.3, 0.4) is 0 Å². The molecule has 2 aromatic carbocycles. The third-order valence-electron chi connectivity index (χ3n) is 2.85. The first-order chi connectivity index (χ1) is 8.61. The second-order valence-corrected chi connectivity index (χ2v) is 4.17. The topological polar surface area (TPSA) is 27.0 Å². The van der Waals surface area contributed by atoms with E-state index >= 15 is 0 Å². The van der Waals surface area contributed by atoms with Gasteiger partial charge in [-0.15, -0.1) is 0 Å². The molecule has 3 heteroatoms. The molecule has 0 N–H and O–H groups in total. The average Bonchev–Trinajstić information content (AvgIpc) is 2.39. The van der Waals surface area contributed by atoms with E-state index in [4.69, 9.17) is 5.26 Å². The Balaban J connectivity index is 2.45. The van der Waals surface area contributed by atoms with Crippen LogP contribution >= 0.6 is 0 Å². The third kappa shape index (κ3) is 2.33. The molecule has 0 saturated carbocycles. The van der Waals surface area contributed by atoms with Crippen molar-refractivity contribution in [1.82, 2.24) is 0 Å². The summed E-state index contributed by atoms with van der Waals surface area (Å²) in [5, 5.41) is 9.11. The van der Waals surface area contributed by atoms with E-state index in [1.165, 1.54) is 12.1 Å². The Morgan fingerprint density at radius 3 is 2.39 bits per heavy atom. The largest absolute Gasteiger partial charge is 0.344 e. The molecular weight excluding hydrogens is 227 g/mol. The van der Waals surface area contributed by atoms with Gasteiger partial charge in [-0.1, -0.05) is 6.07 Å². The van der Waals surface area contributed by atoms with Gasteiger partial charge in [-0.3, -0.25) is 0 Å². The first-order valence-corrected chi connectivity index (χ1v) is 5.62. The van der Waals surface area contributed by atoms with Gasteiger partial charge in [0.1, 0.15) is 11.9 Å². The predicted molar refractivity (Wildman–Crippen MR) is 70.4 cm³/mol. The van der Waals surface area contributed by atoms with Gasteiger partial charge in [0.05, 0.1) is 11.3 Å². The third-order valence-corrected chi connectivity index (χ3v) is 2.85. The molecule has 0 fully saturated rings. The molecule has 2 nitrogen and oxygen atoms in total. The zero-order valence-corrected chi connectivity index (χ0v) is 10.3. The van der Waals surface area contributed by atoms with E-state index in [1.54, 1.807) is 18.2 Å². The van der Waals surface area contributed by atoms with E-state index in [-0.39, 0.29) is 5.82 Å². The van der Waals surface area contributed by atoms with E-state index in [1.807, 2.05) is 31.0 Å². The highest BCUT2D eigenvalue weighted by Crippen LogP contribution is 2.27. The second-order valence-electron chi connectivity index (χ2n) is 4.17. The van der Waals surface area contributed by atoms with Crippen LogP contribution < -0.4 is 4.90 Å². The quantitative estimate of drug-likeness (QED) is 0.798. The van der Waals surface area contributed by atoms with E-state index in [9.17, 15) is 4.39 Å². The number of rotatable bonds is 2. The van der Waals surface area contributed by atoms with Crippen molar-refractivity contribution in [3.63, 3.8) is 0 Å². The van der Waals surface area contributed by atoms with Crippen molar-refractivity contribution in [2.45, 2.75) is 6.92 Å². The highest BCUT2D eigenvalue weighted by atomic mass is 19.1. The van der Waals surface area contributed by atoms with Crippen molar-refractivity contribution in [2.24, 2.45) is 0 Å². The summed E-state index contributed by atoms with van der Waals surface area (Å²) in [4.78, 5) is 1.88. The summed E-state index contributed by atoms with van der Waals surface area (Å²) in [5.74, 6) is -0.267. The molecule has 0 aromatic heterocycles. The number of hydrogen-bond acceptors (Lipinski definition) is 2. The molecule has 0 amide bonds. The van der Waals surface area contributed by atoms with Crippen molar-refractivity contribution in [2.75, 3.05) is 11.9 Å². The molecule has 18 heavy (non-hydrogen) atoms. The zero-order valence-electron chi connectivity index (χ0n) is 10.3. The van der Waals surface area contributed by atoms with Crippen LogP contribution in [0.4, 0.5) is 15.8 Å². The minimum atomic E-state index is -0.267. The maximum atomic E-state index is 12.9. The number of halogens is 1. The number of benzene rings is 2. The van der Waals surface area contributed by atoms with Crippen molar-refractivity contribution in [3.05, 3.63) is 59.4 Å². The average molecular weight is 240 g/mol. The molecular formula is C15H13FN2. The maximum Gasteiger partial charge on any atom is 0.123 e. The van der Waals surface area contributed by atoms with Crippen LogP contribution in [-0.4, -0.2) is 7.05 Å². The Morgan fingerprint density at radius 2 is 1.78 bits per heavy atom. The molecule has 0 aliphatic heterocycles. The smallest absolute Gasteiger partial charge is 0.123 e. The van der Waals surface area contributed by atoms with E-state index in [2.05, 4.69) is 6.07 Å². The molecule has 0 aliphatic rings. The van der Waals surface area contributed by atoms with Gasteiger partial charge in [0.2, 0.25) is 0 Å². The summed E-state index contributed by atoms with van der Waals surface area (Å²) in [6, 6.07) is 14.0. The summed E-state index contributed by atoms with van der Waals surface area (Å²) in [7, 11) is 1.86. The predicted octanol–water partition coefficient (Wildman–Crippen LogP) is 3.77. The number of nitrogens with zero attached hydrogens (tertiary/aromatic N) is 2. The molecule has 0 atom stereocenters. The van der Waals surface area contributed by atoms with Crippen LogP contribution in [0.1, 0.15) is 11.1 Å². The van der Waals surface area contributed by atoms with Gasteiger partial charge in [0, 0.05) is 12.7 Å². The zero-order chi connectivity index (χ0) is 13.1. The summed E-state index contributed by atoms with van der Waals surface area (Å²) in [6.07, 6.45) is 0. The van der Waals surface area contributed by atoms with Crippen molar-refractivity contribution < 1.29 is 4.39 Å². The standard InChI is InChI=1S/C15H13FN2/c1-11-3-4-12(10-17)15(9-11)18(2)14-7-5-13(16)6-8-14/h3-9H,1-2H3. The molecule has 0 spiro atoms. The SMILES string of the molecule is Cc1ccc(C#N)c(N(C)c2ccc(F)cc2)c1. The maximum absolute atomic E-state index is 12.9. The van der Waals surface area contributed by atoms with Crippen LogP contribution in [0, 0.1) is 24.1 Å². The van der Waals surface area contributed by atoms with Gasteiger partial charge >= 0.3 is 0 Å². The number of nitriles is 1. The van der Waals surface area contributed by atoms with Gasteiger partial charge in [-0.05, 0) is 48.9 Å². The van der Waals surface area contributed by atoms with Crippen LogP contribution in [0.25, 0.3) is 0 Å². The fourth-order valence-electron chi connectivity index (χ4n) is 1.82. The molecule has 0 bridgehead atoms. The van der Waals surface area contributed by atoms with Crippen molar-refractivity contribution in [3.8, 4) is 6.07 Å². The van der Waals surface area contributed by atoms with Gasteiger partial charge in [0.15, 0.2) is 0 Å². The van der Waals surface area contributed by atoms with Gasteiger partial charge in [-0.2, -0.15) is 5.26 Å². The highest BCUT2D eigenvalue weighted by molar-refractivity contribution is 5.69. The van der Waals surface area contributed by atoms with Crippen LogP contribution in [0.5, 0.6) is 0 Å². The second kappa shape index (κ2) is 4.89. The Morgan fingerprint density at radius 1 is 1.11 bits per heavy atom. The summed E-state index contributed by atoms with van der Waals surface area (Å²) in [5.41, 5.74) is 3.35. The molecule has 0 heterocycles. The number of anilines is 2. The van der Waals surface area contributed by atoms with Crippen molar-refractivity contribution >= 4 is 11.4 Å². The minimum absolute atomic E-state index is 0.267. The van der Waals surface area contributed by atoms with Crippen LogP contribution in [0.15, 0.2) is 42.5 Å². The lowest BCUT2D eigenvalue weighted by Gasteiger charge is -2.21. The normalized spacial score (nSPS) is 9.89. The molecule has 90 valence electrons. The first-order valence-electron chi connectivity index (χ1n) is 5.62. The Labute approximate surface area is 106 Å². The highest BCUT2D eigenvalue weighted by Gasteiger charge is 2.09. The summed E-state index contributed by atoms with van der Waals surface area (Å²) in [6.45, 7) is 1.98.